The van der Waals surface area contributed by atoms with Crippen molar-refractivity contribution < 1.29 is 13.9 Å². The van der Waals surface area contributed by atoms with Gasteiger partial charge in [-0.1, -0.05) is 55.8 Å². The molecule has 2 rings (SSSR count). The summed E-state index contributed by atoms with van der Waals surface area (Å²) in [5.41, 5.74) is 1.72. The molecule has 0 aliphatic carbocycles. The minimum Gasteiger partial charge on any atom is -0.464 e. The SMILES string of the molecule is CCOC(=O)[C@H](C(C)C)N(Cc1ccccc1)c1ccc(F)c(Cl)c1. The predicted molar refractivity (Wildman–Crippen MR) is 99.3 cm³/mol. The molecule has 0 spiro atoms. The third-order valence-corrected chi connectivity index (χ3v) is 4.22. The predicted octanol–water partition coefficient (Wildman–Crippen LogP) is 5.07. The van der Waals surface area contributed by atoms with Crippen LogP contribution in [-0.4, -0.2) is 18.6 Å². The largest absolute Gasteiger partial charge is 0.464 e. The van der Waals surface area contributed by atoms with Gasteiger partial charge in [-0.05, 0) is 36.6 Å². The summed E-state index contributed by atoms with van der Waals surface area (Å²) >= 11 is 5.97. The Bertz CT molecular complexity index is 706. The lowest BCUT2D eigenvalue weighted by Crippen LogP contribution is -2.45. The molecule has 0 aromatic heterocycles. The van der Waals surface area contributed by atoms with Crippen molar-refractivity contribution in [2.24, 2.45) is 5.92 Å². The monoisotopic (exact) mass is 363 g/mol. The van der Waals surface area contributed by atoms with Gasteiger partial charge in [-0.15, -0.1) is 0 Å². The van der Waals surface area contributed by atoms with Crippen molar-refractivity contribution in [2.45, 2.75) is 33.4 Å². The zero-order chi connectivity index (χ0) is 18.4. The Hall–Kier alpha value is -2.07. The minimum absolute atomic E-state index is 0.00610. The number of carbonyl (C=O) groups is 1. The van der Waals surface area contributed by atoms with E-state index < -0.39 is 11.9 Å². The highest BCUT2D eigenvalue weighted by Crippen LogP contribution is 2.28. The molecule has 2 aromatic rings. The van der Waals surface area contributed by atoms with Gasteiger partial charge in [-0.25, -0.2) is 9.18 Å². The zero-order valence-corrected chi connectivity index (χ0v) is 15.5. The zero-order valence-electron chi connectivity index (χ0n) is 14.7. The first kappa shape index (κ1) is 19.3. The summed E-state index contributed by atoms with van der Waals surface area (Å²) in [7, 11) is 0. The van der Waals surface area contributed by atoms with E-state index in [0.29, 0.717) is 18.8 Å². The Labute approximate surface area is 153 Å². The Balaban J connectivity index is 2.45. The van der Waals surface area contributed by atoms with Gasteiger partial charge in [-0.3, -0.25) is 0 Å². The van der Waals surface area contributed by atoms with Crippen LogP contribution < -0.4 is 4.90 Å². The van der Waals surface area contributed by atoms with Crippen LogP contribution in [0.4, 0.5) is 10.1 Å². The van der Waals surface area contributed by atoms with Crippen LogP contribution in [0, 0.1) is 11.7 Å². The van der Waals surface area contributed by atoms with Gasteiger partial charge in [0.15, 0.2) is 0 Å². The summed E-state index contributed by atoms with van der Waals surface area (Å²) in [6.07, 6.45) is 0. The summed E-state index contributed by atoms with van der Waals surface area (Å²) in [6, 6.07) is 13.8. The lowest BCUT2D eigenvalue weighted by atomic mass is 10.0. The molecule has 1 atom stereocenters. The molecule has 25 heavy (non-hydrogen) atoms. The number of hydrogen-bond acceptors (Lipinski definition) is 3. The lowest BCUT2D eigenvalue weighted by molar-refractivity contribution is -0.145. The van der Waals surface area contributed by atoms with Crippen LogP contribution in [0.1, 0.15) is 26.3 Å². The number of hydrogen-bond donors (Lipinski definition) is 0. The van der Waals surface area contributed by atoms with Crippen LogP contribution in [0.5, 0.6) is 0 Å². The Morgan fingerprint density at radius 2 is 1.88 bits per heavy atom. The maximum Gasteiger partial charge on any atom is 0.329 e. The van der Waals surface area contributed by atoms with E-state index in [0.717, 1.165) is 5.56 Å². The highest BCUT2D eigenvalue weighted by atomic mass is 35.5. The van der Waals surface area contributed by atoms with Crippen LogP contribution in [0.2, 0.25) is 5.02 Å². The van der Waals surface area contributed by atoms with Gasteiger partial charge in [0.1, 0.15) is 11.9 Å². The fourth-order valence-electron chi connectivity index (χ4n) is 2.78. The third kappa shape index (κ3) is 4.95. The van der Waals surface area contributed by atoms with Crippen molar-refractivity contribution in [3.8, 4) is 0 Å². The van der Waals surface area contributed by atoms with E-state index >= 15 is 0 Å². The number of anilines is 1. The van der Waals surface area contributed by atoms with E-state index in [4.69, 9.17) is 16.3 Å². The quantitative estimate of drug-likeness (QED) is 0.643. The highest BCUT2D eigenvalue weighted by Gasteiger charge is 2.31. The van der Waals surface area contributed by atoms with Crippen molar-refractivity contribution in [1.29, 1.82) is 0 Å². The molecule has 2 aromatic carbocycles. The Morgan fingerprint density at radius 1 is 1.20 bits per heavy atom. The molecule has 5 heteroatoms. The summed E-state index contributed by atoms with van der Waals surface area (Å²) in [5.74, 6) is -0.775. The number of carbonyl (C=O) groups excluding carboxylic acids is 1. The molecule has 0 bridgehead atoms. The molecule has 0 fully saturated rings. The Kier molecular flexibility index (Phi) is 6.82. The second-order valence-electron chi connectivity index (χ2n) is 6.15. The topological polar surface area (TPSA) is 29.5 Å². The molecule has 134 valence electrons. The normalized spacial score (nSPS) is 12.1. The molecule has 0 unspecified atom stereocenters. The van der Waals surface area contributed by atoms with Crippen molar-refractivity contribution in [3.05, 3.63) is 64.9 Å². The van der Waals surface area contributed by atoms with E-state index in [-0.39, 0.29) is 16.9 Å². The van der Waals surface area contributed by atoms with Crippen molar-refractivity contribution in [1.82, 2.24) is 0 Å². The maximum atomic E-state index is 13.6. The van der Waals surface area contributed by atoms with Gasteiger partial charge in [0.25, 0.3) is 0 Å². The van der Waals surface area contributed by atoms with Gasteiger partial charge in [0.2, 0.25) is 0 Å². The molecule has 0 saturated heterocycles. The number of halogens is 2. The van der Waals surface area contributed by atoms with Gasteiger partial charge >= 0.3 is 5.97 Å². The first-order valence-corrected chi connectivity index (χ1v) is 8.74. The molecular weight excluding hydrogens is 341 g/mol. The number of benzene rings is 2. The standard InChI is InChI=1S/C20H23ClFNO2/c1-4-25-20(24)19(14(2)3)23(13-15-8-6-5-7-9-15)16-10-11-18(22)17(21)12-16/h5-12,14,19H,4,13H2,1-3H3/t19-/m0/s1. The van der Waals surface area contributed by atoms with Crippen molar-refractivity contribution in [3.63, 3.8) is 0 Å². The molecule has 0 aliphatic heterocycles. The molecule has 0 radical (unpaired) electrons. The third-order valence-electron chi connectivity index (χ3n) is 3.93. The smallest absolute Gasteiger partial charge is 0.329 e. The fraction of sp³-hybridized carbons (Fsp3) is 0.350. The summed E-state index contributed by atoms with van der Waals surface area (Å²) < 4.78 is 18.9. The van der Waals surface area contributed by atoms with Crippen molar-refractivity contribution >= 4 is 23.3 Å². The summed E-state index contributed by atoms with van der Waals surface area (Å²) in [6.45, 7) is 6.51. The molecule has 0 heterocycles. The van der Waals surface area contributed by atoms with Crippen LogP contribution in [0.25, 0.3) is 0 Å². The molecule has 3 nitrogen and oxygen atoms in total. The first-order chi connectivity index (χ1) is 11.9. The number of ether oxygens (including phenoxy) is 1. The van der Waals surface area contributed by atoms with Crippen LogP contribution >= 0.6 is 11.6 Å². The average molecular weight is 364 g/mol. The molecule has 0 amide bonds. The molecule has 0 N–H and O–H groups in total. The molecule has 0 saturated carbocycles. The van der Waals surface area contributed by atoms with Gasteiger partial charge in [-0.2, -0.15) is 0 Å². The van der Waals surface area contributed by atoms with E-state index in [1.165, 1.54) is 6.07 Å². The fourth-order valence-corrected chi connectivity index (χ4v) is 2.96. The van der Waals surface area contributed by atoms with Crippen LogP contribution in [0.15, 0.2) is 48.5 Å². The van der Waals surface area contributed by atoms with E-state index in [2.05, 4.69) is 0 Å². The van der Waals surface area contributed by atoms with Crippen molar-refractivity contribution in [2.75, 3.05) is 11.5 Å². The minimum atomic E-state index is -0.498. The second-order valence-corrected chi connectivity index (χ2v) is 6.56. The van der Waals surface area contributed by atoms with E-state index in [1.54, 1.807) is 19.1 Å². The van der Waals surface area contributed by atoms with E-state index in [1.807, 2.05) is 49.1 Å². The molecular formula is C20H23ClFNO2. The number of rotatable bonds is 7. The van der Waals surface area contributed by atoms with Crippen LogP contribution in [0.3, 0.4) is 0 Å². The van der Waals surface area contributed by atoms with Gasteiger partial charge in [0.05, 0.1) is 11.6 Å². The number of esters is 1. The number of nitrogens with zero attached hydrogens (tertiary/aromatic N) is 1. The van der Waals surface area contributed by atoms with Crippen LogP contribution in [-0.2, 0) is 16.1 Å². The van der Waals surface area contributed by atoms with E-state index in [9.17, 15) is 9.18 Å². The Morgan fingerprint density at radius 3 is 2.44 bits per heavy atom. The first-order valence-electron chi connectivity index (χ1n) is 8.36. The van der Waals surface area contributed by atoms with Gasteiger partial charge in [0, 0.05) is 12.2 Å². The lowest BCUT2D eigenvalue weighted by Gasteiger charge is -2.34. The summed E-state index contributed by atoms with van der Waals surface area (Å²) in [5, 5.41) is 0.0296. The average Bonchev–Trinajstić information content (AvgIpc) is 2.57. The maximum absolute atomic E-state index is 13.6. The highest BCUT2D eigenvalue weighted by molar-refractivity contribution is 6.31. The van der Waals surface area contributed by atoms with Gasteiger partial charge < -0.3 is 9.64 Å². The molecule has 0 aliphatic rings. The summed E-state index contributed by atoms with van der Waals surface area (Å²) in [4.78, 5) is 14.5. The second kappa shape index (κ2) is 8.86.